The number of esters is 4. The second-order valence-electron chi connectivity index (χ2n) is 32.5. The Morgan fingerprint density at radius 2 is 0.481 bits per heavy atom. The van der Waals surface area contributed by atoms with E-state index in [1.54, 1.807) is 0 Å². The van der Waals surface area contributed by atoms with Crippen LogP contribution < -0.4 is 0 Å². The highest BCUT2D eigenvalue weighted by atomic mass is 31.2. The highest BCUT2D eigenvalue weighted by molar-refractivity contribution is 7.47. The highest BCUT2D eigenvalue weighted by Gasteiger charge is 2.31. The molecule has 6 atom stereocenters. The van der Waals surface area contributed by atoms with Gasteiger partial charge in [-0.25, -0.2) is 9.13 Å². The fourth-order valence-corrected chi connectivity index (χ4v) is 15.1. The predicted octanol–water partition coefficient (Wildman–Crippen LogP) is 26.5. The number of carbonyl (C=O) groups excluding carboxylic acids is 4. The number of hydrogen-bond donors (Lipinski definition) is 3. The number of aliphatic hydroxyl groups excluding tert-OH is 1. The van der Waals surface area contributed by atoms with Gasteiger partial charge in [0.05, 0.1) is 26.4 Å². The number of hydrogen-bond acceptors (Lipinski definition) is 15. The van der Waals surface area contributed by atoms with Gasteiger partial charge in [0.15, 0.2) is 12.2 Å². The van der Waals surface area contributed by atoms with Crippen LogP contribution in [-0.2, 0) is 65.4 Å². The third-order valence-electron chi connectivity index (χ3n) is 20.7. The maximum absolute atomic E-state index is 13.2. The number of aliphatic hydroxyl groups is 1. The van der Waals surface area contributed by atoms with Crippen molar-refractivity contribution in [1.29, 1.82) is 0 Å². The molecule has 19 heteroatoms. The van der Waals surface area contributed by atoms with Crippen molar-refractivity contribution in [3.05, 3.63) is 0 Å². The second-order valence-corrected chi connectivity index (χ2v) is 35.4. The van der Waals surface area contributed by atoms with E-state index >= 15 is 0 Å². The molecule has 0 radical (unpaired) electrons. The molecule has 3 unspecified atom stereocenters. The second kappa shape index (κ2) is 77.0. The molecule has 0 bridgehead atoms. The third kappa shape index (κ3) is 78.7. The molecule has 0 rings (SSSR count). The third-order valence-corrected chi connectivity index (χ3v) is 22.6. The maximum atomic E-state index is 13.2. The number of unbranched alkanes of at least 4 members (excludes halogenated alkanes) is 52. The van der Waals surface area contributed by atoms with E-state index in [1.807, 2.05) is 0 Å². The fraction of sp³-hybridized carbons (Fsp3) is 0.954. The molecule has 0 spiro atoms. The molecular weight excluding hydrogens is 1380 g/mol. The molecule has 106 heavy (non-hydrogen) atoms. The van der Waals surface area contributed by atoms with Crippen molar-refractivity contribution in [1.82, 2.24) is 0 Å². The minimum atomic E-state index is -4.97. The zero-order chi connectivity index (χ0) is 77.9. The molecule has 0 aliphatic rings. The molecule has 0 heterocycles. The molecule has 0 amide bonds. The fourth-order valence-electron chi connectivity index (χ4n) is 13.5. The molecule has 0 aliphatic heterocycles. The Morgan fingerprint density at radius 3 is 0.717 bits per heavy atom. The van der Waals surface area contributed by atoms with Crippen LogP contribution in [-0.4, -0.2) is 96.7 Å². The lowest BCUT2D eigenvalue weighted by atomic mass is 9.99. The molecule has 630 valence electrons. The van der Waals surface area contributed by atoms with Gasteiger partial charge in [-0.3, -0.25) is 37.3 Å². The Morgan fingerprint density at radius 1 is 0.274 bits per heavy atom. The van der Waals surface area contributed by atoms with Gasteiger partial charge in [-0.05, 0) is 43.4 Å². The van der Waals surface area contributed by atoms with Crippen LogP contribution in [0.4, 0.5) is 0 Å². The normalized spacial score (nSPS) is 14.1. The minimum Gasteiger partial charge on any atom is -0.462 e. The Balaban J connectivity index is 5.26. The molecule has 0 fully saturated rings. The van der Waals surface area contributed by atoms with Crippen molar-refractivity contribution in [2.24, 2.45) is 17.8 Å². The first-order chi connectivity index (χ1) is 51.3. The summed E-state index contributed by atoms with van der Waals surface area (Å²) in [6.07, 6.45) is 68.0. The molecule has 0 aromatic carbocycles. The first kappa shape index (κ1) is 104. The number of carbonyl (C=O) groups is 4. The van der Waals surface area contributed by atoms with Gasteiger partial charge in [0.1, 0.15) is 19.3 Å². The molecule has 0 saturated heterocycles. The summed E-state index contributed by atoms with van der Waals surface area (Å²) in [4.78, 5) is 73.3. The van der Waals surface area contributed by atoms with Gasteiger partial charge < -0.3 is 33.8 Å². The zero-order valence-electron chi connectivity index (χ0n) is 69.9. The van der Waals surface area contributed by atoms with Crippen LogP contribution in [0, 0.1) is 17.8 Å². The molecule has 17 nitrogen and oxygen atoms in total. The average Bonchev–Trinajstić information content (AvgIpc) is 0.901. The van der Waals surface area contributed by atoms with Gasteiger partial charge in [-0.15, -0.1) is 0 Å². The van der Waals surface area contributed by atoms with Crippen LogP contribution in [0.3, 0.4) is 0 Å². The van der Waals surface area contributed by atoms with Gasteiger partial charge in [-0.2, -0.15) is 0 Å². The van der Waals surface area contributed by atoms with Gasteiger partial charge in [0.25, 0.3) is 0 Å². The summed E-state index contributed by atoms with van der Waals surface area (Å²) in [6.45, 7) is 12.0. The van der Waals surface area contributed by atoms with Crippen molar-refractivity contribution in [2.45, 2.75) is 478 Å². The number of ether oxygens (including phenoxy) is 4. The van der Waals surface area contributed by atoms with E-state index in [0.717, 1.165) is 108 Å². The number of phosphoric acid groups is 2. The molecule has 0 aliphatic carbocycles. The van der Waals surface area contributed by atoms with E-state index in [0.29, 0.717) is 25.7 Å². The van der Waals surface area contributed by atoms with E-state index in [-0.39, 0.29) is 25.7 Å². The van der Waals surface area contributed by atoms with Crippen molar-refractivity contribution >= 4 is 39.5 Å². The number of phosphoric ester groups is 2. The van der Waals surface area contributed by atoms with Crippen molar-refractivity contribution in [3.63, 3.8) is 0 Å². The molecule has 3 N–H and O–H groups in total. The van der Waals surface area contributed by atoms with E-state index in [1.165, 1.54) is 270 Å². The lowest BCUT2D eigenvalue weighted by molar-refractivity contribution is -0.161. The van der Waals surface area contributed by atoms with Crippen molar-refractivity contribution in [3.8, 4) is 0 Å². The lowest BCUT2D eigenvalue weighted by Crippen LogP contribution is -2.30. The SMILES string of the molecule is CCCCCCCCCCCCCCCCCCCCCCC(=O)O[C@H](COC(=O)CCCCCCCCCCCCCCCCCCC(C)C)COP(=O)(O)OC[C@@H](O)COP(=O)(O)OC[C@@H](COC(=O)CCCCCCCCCCCCC(C)C)OC(=O)CCCCCCCCCCCCC(C)CC. The Bertz CT molecular complexity index is 2050. The number of rotatable bonds is 85. The van der Waals surface area contributed by atoms with E-state index in [4.69, 9.17) is 37.0 Å². The Labute approximate surface area is 651 Å². The maximum Gasteiger partial charge on any atom is 0.472 e. The molecular formula is C87H170O17P2. The molecule has 0 saturated carbocycles. The highest BCUT2D eigenvalue weighted by Crippen LogP contribution is 2.45. The summed E-state index contributed by atoms with van der Waals surface area (Å²) >= 11 is 0. The summed E-state index contributed by atoms with van der Waals surface area (Å²) in [5.41, 5.74) is 0. The van der Waals surface area contributed by atoms with Gasteiger partial charge in [0.2, 0.25) is 0 Å². The summed E-state index contributed by atoms with van der Waals surface area (Å²) in [6, 6.07) is 0. The Kier molecular flexibility index (Phi) is 75.6. The standard InChI is InChI=1S/C87H170O17P2/c1-8-10-11-12-13-14-15-16-17-18-19-20-21-26-29-32-42-49-56-63-70-86(91)103-82(74-97-84(89)68-61-54-47-40-31-28-25-23-22-24-27-30-37-44-51-58-65-78(3)4)76-101-105(93,94)99-72-81(88)73-100-106(95,96)102-77-83(75-98-85(90)69-62-55-48-41-35-33-38-45-52-59-66-79(5)6)104-87(92)71-64-57-50-43-36-34-39-46-53-60-67-80(7)9-2/h78-83,88H,8-77H2,1-7H3,(H,93,94)(H,95,96)/t80?,81-,82-,83-/m1/s1. The van der Waals surface area contributed by atoms with Crippen LogP contribution >= 0.6 is 15.6 Å². The summed E-state index contributed by atoms with van der Waals surface area (Å²) in [7, 11) is -9.93. The summed E-state index contributed by atoms with van der Waals surface area (Å²) < 4.78 is 69.0. The van der Waals surface area contributed by atoms with Gasteiger partial charge >= 0.3 is 39.5 Å². The smallest absolute Gasteiger partial charge is 0.462 e. The Hall–Kier alpha value is -1.94. The molecule has 0 aromatic rings. The largest absolute Gasteiger partial charge is 0.472 e. The average molecular weight is 1550 g/mol. The van der Waals surface area contributed by atoms with E-state index in [2.05, 4.69) is 48.5 Å². The topological polar surface area (TPSA) is 237 Å². The summed E-state index contributed by atoms with van der Waals surface area (Å²) in [5, 5.41) is 10.7. The first-order valence-corrected chi connectivity index (χ1v) is 47.9. The first-order valence-electron chi connectivity index (χ1n) is 44.9. The van der Waals surface area contributed by atoms with Crippen molar-refractivity contribution in [2.75, 3.05) is 39.6 Å². The summed E-state index contributed by atoms with van der Waals surface area (Å²) in [5.74, 6) is 0.271. The lowest BCUT2D eigenvalue weighted by Gasteiger charge is -2.21. The monoisotopic (exact) mass is 1550 g/mol. The van der Waals surface area contributed by atoms with Gasteiger partial charge in [0, 0.05) is 25.7 Å². The van der Waals surface area contributed by atoms with Crippen LogP contribution in [0.5, 0.6) is 0 Å². The van der Waals surface area contributed by atoms with Crippen LogP contribution in [0.2, 0.25) is 0 Å². The zero-order valence-corrected chi connectivity index (χ0v) is 71.7. The van der Waals surface area contributed by atoms with Gasteiger partial charge in [-0.1, -0.05) is 408 Å². The quantitative estimate of drug-likeness (QED) is 0.0222. The predicted molar refractivity (Wildman–Crippen MR) is 437 cm³/mol. The van der Waals surface area contributed by atoms with Crippen molar-refractivity contribution < 1.29 is 80.2 Å². The van der Waals surface area contributed by atoms with E-state index < -0.39 is 97.5 Å². The molecule has 0 aromatic heterocycles. The minimum absolute atomic E-state index is 0.106. The van der Waals surface area contributed by atoms with E-state index in [9.17, 15) is 43.2 Å². The van der Waals surface area contributed by atoms with Crippen LogP contribution in [0.1, 0.15) is 459 Å². The van der Waals surface area contributed by atoms with Crippen LogP contribution in [0.25, 0.3) is 0 Å². The van der Waals surface area contributed by atoms with Crippen LogP contribution in [0.15, 0.2) is 0 Å².